The van der Waals surface area contributed by atoms with E-state index >= 15 is 0 Å². The number of carbonyl (C=O) groups is 1. The summed E-state index contributed by atoms with van der Waals surface area (Å²) in [6, 6.07) is 12.4. The molecule has 0 unspecified atom stereocenters. The fourth-order valence-electron chi connectivity index (χ4n) is 3.16. The smallest absolute Gasteiger partial charge is 0.269 e. The van der Waals surface area contributed by atoms with Crippen molar-refractivity contribution >= 4 is 33.0 Å². The Labute approximate surface area is 168 Å². The number of rotatable bonds is 6. The van der Waals surface area contributed by atoms with Crippen molar-refractivity contribution in [3.05, 3.63) is 69.8 Å². The third-order valence-corrected chi connectivity index (χ3v) is 5.04. The Bertz CT molecular complexity index is 1100. The van der Waals surface area contributed by atoms with Gasteiger partial charge in [0.05, 0.1) is 22.9 Å². The third kappa shape index (κ3) is 4.77. The van der Waals surface area contributed by atoms with Crippen LogP contribution < -0.4 is 4.72 Å². The largest absolute Gasteiger partial charge is 0.284 e. The predicted octanol–water partition coefficient (Wildman–Crippen LogP) is 3.05. The summed E-state index contributed by atoms with van der Waals surface area (Å²) in [7, 11) is -3.43. The quantitative estimate of drug-likeness (QED) is 0.573. The molecular weight excluding hydrogens is 396 g/mol. The van der Waals surface area contributed by atoms with Crippen LogP contribution in [0.3, 0.4) is 0 Å². The molecule has 29 heavy (non-hydrogen) atoms. The highest BCUT2D eigenvalue weighted by Crippen LogP contribution is 2.35. The maximum Gasteiger partial charge on any atom is 0.269 e. The second-order valence-corrected chi connectivity index (χ2v) is 8.41. The van der Waals surface area contributed by atoms with Crippen molar-refractivity contribution < 1.29 is 18.1 Å². The molecule has 2 aromatic rings. The molecule has 0 aliphatic carbocycles. The number of hydrogen-bond donors (Lipinski definition) is 1. The summed E-state index contributed by atoms with van der Waals surface area (Å²) in [5.41, 5.74) is 2.21. The van der Waals surface area contributed by atoms with Crippen LogP contribution in [-0.2, 0) is 14.8 Å². The van der Waals surface area contributed by atoms with E-state index < -0.39 is 21.0 Å². The number of nitrogens with zero attached hydrogens (tertiary/aromatic N) is 3. The highest BCUT2D eigenvalue weighted by molar-refractivity contribution is 7.92. The van der Waals surface area contributed by atoms with E-state index in [-0.39, 0.29) is 18.0 Å². The van der Waals surface area contributed by atoms with Crippen molar-refractivity contribution in [3.8, 4) is 0 Å². The number of amides is 1. The Kier molecular flexibility index (Phi) is 5.64. The SMILES string of the molecule is CCC(=O)N1N=C(c2cccc(NS(C)(=O)=O)c2)C[C@@H]1c1cccc([N+](=O)[O-])c1. The lowest BCUT2D eigenvalue weighted by atomic mass is 9.97. The van der Waals surface area contributed by atoms with Crippen molar-refractivity contribution in [3.63, 3.8) is 0 Å². The van der Waals surface area contributed by atoms with Crippen LogP contribution in [0, 0.1) is 10.1 Å². The van der Waals surface area contributed by atoms with Crippen LogP contribution in [-0.4, -0.2) is 36.2 Å². The lowest BCUT2D eigenvalue weighted by molar-refractivity contribution is -0.384. The fraction of sp³-hybridized carbons (Fsp3) is 0.263. The van der Waals surface area contributed by atoms with E-state index in [1.807, 2.05) is 0 Å². The normalized spacial score (nSPS) is 16.4. The number of non-ortho nitro benzene ring substituents is 1. The van der Waals surface area contributed by atoms with E-state index in [1.165, 1.54) is 17.1 Å². The molecule has 9 nitrogen and oxygen atoms in total. The molecule has 1 aliphatic rings. The molecule has 2 aromatic carbocycles. The van der Waals surface area contributed by atoms with Crippen LogP contribution in [0.5, 0.6) is 0 Å². The molecule has 0 bridgehead atoms. The van der Waals surface area contributed by atoms with E-state index in [1.54, 1.807) is 43.3 Å². The summed E-state index contributed by atoms with van der Waals surface area (Å²) in [4.78, 5) is 23.1. The highest BCUT2D eigenvalue weighted by Gasteiger charge is 2.33. The third-order valence-electron chi connectivity index (χ3n) is 4.43. The number of nitro groups is 1. The van der Waals surface area contributed by atoms with Crippen molar-refractivity contribution in [2.45, 2.75) is 25.8 Å². The van der Waals surface area contributed by atoms with Gasteiger partial charge in [0.25, 0.3) is 5.69 Å². The van der Waals surface area contributed by atoms with Crippen molar-refractivity contribution in [2.75, 3.05) is 11.0 Å². The zero-order chi connectivity index (χ0) is 21.2. The average Bonchev–Trinajstić information content (AvgIpc) is 3.12. The molecule has 1 aliphatic heterocycles. The first kappa shape index (κ1) is 20.5. The summed E-state index contributed by atoms with van der Waals surface area (Å²) in [6.45, 7) is 1.72. The maximum absolute atomic E-state index is 12.4. The monoisotopic (exact) mass is 416 g/mol. The molecular formula is C19H20N4O5S. The van der Waals surface area contributed by atoms with Crippen LogP contribution in [0.1, 0.15) is 36.9 Å². The fourth-order valence-corrected chi connectivity index (χ4v) is 3.71. The average molecular weight is 416 g/mol. The second-order valence-electron chi connectivity index (χ2n) is 6.67. The minimum absolute atomic E-state index is 0.0563. The zero-order valence-electron chi connectivity index (χ0n) is 15.9. The lowest BCUT2D eigenvalue weighted by Crippen LogP contribution is -2.26. The van der Waals surface area contributed by atoms with Gasteiger partial charge in [-0.1, -0.05) is 31.2 Å². The van der Waals surface area contributed by atoms with Gasteiger partial charge in [-0.15, -0.1) is 0 Å². The van der Waals surface area contributed by atoms with Gasteiger partial charge in [-0.25, -0.2) is 13.4 Å². The molecule has 1 N–H and O–H groups in total. The summed E-state index contributed by atoms with van der Waals surface area (Å²) in [5, 5.41) is 16.9. The summed E-state index contributed by atoms with van der Waals surface area (Å²) in [6.07, 6.45) is 1.65. The lowest BCUT2D eigenvalue weighted by Gasteiger charge is -2.21. The molecule has 0 saturated carbocycles. The molecule has 1 atom stereocenters. The van der Waals surface area contributed by atoms with Crippen LogP contribution in [0.2, 0.25) is 0 Å². The number of nitrogens with one attached hydrogen (secondary N) is 1. The summed E-state index contributed by atoms with van der Waals surface area (Å²) in [5.74, 6) is -0.207. The predicted molar refractivity (Wildman–Crippen MR) is 109 cm³/mol. The molecule has 152 valence electrons. The standard InChI is InChI=1S/C19H20N4O5S/c1-3-19(24)22-18(14-7-5-9-16(11-14)23(25)26)12-17(20-22)13-6-4-8-15(10-13)21-29(2,27)28/h4-11,18,21H,3,12H2,1-2H3/t18-/m1/s1. The van der Waals surface area contributed by atoms with Crippen LogP contribution >= 0.6 is 0 Å². The van der Waals surface area contributed by atoms with Crippen molar-refractivity contribution in [1.82, 2.24) is 5.01 Å². The van der Waals surface area contributed by atoms with Crippen LogP contribution in [0.15, 0.2) is 53.6 Å². The van der Waals surface area contributed by atoms with Crippen molar-refractivity contribution in [2.24, 2.45) is 5.10 Å². The zero-order valence-corrected chi connectivity index (χ0v) is 16.7. The van der Waals surface area contributed by atoms with E-state index in [9.17, 15) is 23.3 Å². The van der Waals surface area contributed by atoms with Gasteiger partial charge >= 0.3 is 0 Å². The first-order valence-corrected chi connectivity index (χ1v) is 10.8. The van der Waals surface area contributed by atoms with E-state index in [2.05, 4.69) is 9.82 Å². The number of benzene rings is 2. The van der Waals surface area contributed by atoms with Gasteiger partial charge in [-0.05, 0) is 23.3 Å². The number of sulfonamides is 1. The molecule has 1 amide bonds. The molecule has 0 radical (unpaired) electrons. The number of carbonyl (C=O) groups excluding carboxylic acids is 1. The van der Waals surface area contributed by atoms with Gasteiger partial charge in [0.15, 0.2) is 0 Å². The van der Waals surface area contributed by atoms with E-state index in [0.29, 0.717) is 28.9 Å². The second kappa shape index (κ2) is 8.00. The minimum atomic E-state index is -3.43. The molecule has 0 spiro atoms. The van der Waals surface area contributed by atoms with Crippen LogP contribution in [0.4, 0.5) is 11.4 Å². The molecule has 3 rings (SSSR count). The number of anilines is 1. The Balaban J connectivity index is 1.96. The first-order chi connectivity index (χ1) is 13.7. The van der Waals surface area contributed by atoms with E-state index in [4.69, 9.17) is 0 Å². The molecule has 10 heteroatoms. The number of hydrogen-bond acceptors (Lipinski definition) is 6. The first-order valence-electron chi connectivity index (χ1n) is 8.90. The molecule has 0 fully saturated rings. The molecule has 0 saturated heterocycles. The van der Waals surface area contributed by atoms with Crippen LogP contribution in [0.25, 0.3) is 0 Å². The Hall–Kier alpha value is -3.27. The van der Waals surface area contributed by atoms with Gasteiger partial charge in [0.1, 0.15) is 0 Å². The maximum atomic E-state index is 12.4. The summed E-state index contributed by atoms with van der Waals surface area (Å²) < 4.78 is 25.4. The van der Waals surface area contributed by atoms with Gasteiger partial charge < -0.3 is 0 Å². The Morgan fingerprint density at radius 3 is 2.66 bits per heavy atom. The Morgan fingerprint density at radius 1 is 1.28 bits per heavy atom. The molecule has 1 heterocycles. The highest BCUT2D eigenvalue weighted by atomic mass is 32.2. The number of nitro benzene ring substituents is 1. The minimum Gasteiger partial charge on any atom is -0.284 e. The van der Waals surface area contributed by atoms with Gasteiger partial charge in [0.2, 0.25) is 15.9 Å². The van der Waals surface area contributed by atoms with Gasteiger partial charge in [-0.3, -0.25) is 19.6 Å². The summed E-state index contributed by atoms with van der Waals surface area (Å²) >= 11 is 0. The van der Waals surface area contributed by atoms with Gasteiger partial charge in [-0.2, -0.15) is 5.10 Å². The van der Waals surface area contributed by atoms with Gasteiger partial charge in [0, 0.05) is 30.7 Å². The topological polar surface area (TPSA) is 122 Å². The number of hydrazone groups is 1. The van der Waals surface area contributed by atoms with E-state index in [0.717, 1.165) is 6.26 Å². The molecule has 0 aromatic heterocycles. The Morgan fingerprint density at radius 2 is 2.00 bits per heavy atom. The van der Waals surface area contributed by atoms with Crippen molar-refractivity contribution in [1.29, 1.82) is 0 Å².